The Morgan fingerprint density at radius 3 is 2.85 bits per heavy atom. The standard InChI is InChI=1S/C13H16N4O2S/c1-7(2)11-12(20-17-16-11)13(18)15-8-4-5-9(14)10(6-8)19-3/h4-7H,14H2,1-3H3,(H,15,18). The van der Waals surface area contributed by atoms with Crippen LogP contribution in [-0.4, -0.2) is 22.6 Å². The third-order valence-electron chi connectivity index (χ3n) is 2.76. The molecule has 1 aromatic heterocycles. The molecule has 6 nitrogen and oxygen atoms in total. The van der Waals surface area contributed by atoms with Gasteiger partial charge in [-0.2, -0.15) is 0 Å². The first kappa shape index (κ1) is 14.3. The minimum Gasteiger partial charge on any atom is -0.495 e. The van der Waals surface area contributed by atoms with Gasteiger partial charge in [-0.15, -0.1) is 5.10 Å². The molecular weight excluding hydrogens is 276 g/mol. The van der Waals surface area contributed by atoms with Gasteiger partial charge in [-0.05, 0) is 29.6 Å². The lowest BCUT2D eigenvalue weighted by Gasteiger charge is -2.09. The fourth-order valence-electron chi connectivity index (χ4n) is 1.71. The van der Waals surface area contributed by atoms with Gasteiger partial charge in [0.1, 0.15) is 10.6 Å². The van der Waals surface area contributed by atoms with Gasteiger partial charge in [0.05, 0.1) is 18.5 Å². The number of aromatic nitrogens is 2. The summed E-state index contributed by atoms with van der Waals surface area (Å²) in [5, 5.41) is 6.79. The number of hydrogen-bond acceptors (Lipinski definition) is 6. The topological polar surface area (TPSA) is 90.1 Å². The predicted molar refractivity (Wildman–Crippen MR) is 79.4 cm³/mol. The van der Waals surface area contributed by atoms with Gasteiger partial charge in [-0.25, -0.2) is 0 Å². The number of nitrogens with zero attached hydrogens (tertiary/aromatic N) is 2. The maximum absolute atomic E-state index is 12.2. The van der Waals surface area contributed by atoms with Crippen LogP contribution in [0.5, 0.6) is 5.75 Å². The quantitative estimate of drug-likeness (QED) is 0.845. The molecule has 0 saturated carbocycles. The maximum atomic E-state index is 12.2. The number of benzene rings is 1. The number of anilines is 2. The fourth-order valence-corrected chi connectivity index (χ4v) is 2.42. The van der Waals surface area contributed by atoms with E-state index < -0.39 is 0 Å². The van der Waals surface area contributed by atoms with Gasteiger partial charge in [-0.1, -0.05) is 18.3 Å². The molecule has 1 heterocycles. The third kappa shape index (κ3) is 2.88. The van der Waals surface area contributed by atoms with Crippen molar-refractivity contribution in [1.82, 2.24) is 9.59 Å². The number of nitrogen functional groups attached to an aromatic ring is 1. The van der Waals surface area contributed by atoms with Crippen LogP contribution in [0.15, 0.2) is 18.2 Å². The molecule has 0 radical (unpaired) electrons. The van der Waals surface area contributed by atoms with E-state index >= 15 is 0 Å². The van der Waals surface area contributed by atoms with E-state index in [2.05, 4.69) is 14.9 Å². The molecule has 0 spiro atoms. The minimum absolute atomic E-state index is 0.149. The zero-order valence-corrected chi connectivity index (χ0v) is 12.3. The summed E-state index contributed by atoms with van der Waals surface area (Å²) in [6.07, 6.45) is 0. The van der Waals surface area contributed by atoms with E-state index in [1.807, 2.05) is 13.8 Å². The average molecular weight is 292 g/mol. The van der Waals surface area contributed by atoms with Crippen molar-refractivity contribution >= 4 is 28.8 Å². The van der Waals surface area contributed by atoms with E-state index in [1.165, 1.54) is 7.11 Å². The summed E-state index contributed by atoms with van der Waals surface area (Å²) in [4.78, 5) is 12.8. The molecule has 0 aliphatic rings. The van der Waals surface area contributed by atoms with E-state index in [0.29, 0.717) is 27.7 Å². The van der Waals surface area contributed by atoms with Crippen molar-refractivity contribution in [3.05, 3.63) is 28.8 Å². The van der Waals surface area contributed by atoms with Crippen molar-refractivity contribution in [2.24, 2.45) is 0 Å². The second-order valence-electron chi connectivity index (χ2n) is 4.55. The molecular formula is C13H16N4O2S. The van der Waals surface area contributed by atoms with Gasteiger partial charge in [0.2, 0.25) is 0 Å². The normalized spacial score (nSPS) is 10.6. The Morgan fingerprint density at radius 1 is 1.45 bits per heavy atom. The molecule has 2 rings (SSSR count). The summed E-state index contributed by atoms with van der Waals surface area (Å²) in [5.74, 6) is 0.445. The highest BCUT2D eigenvalue weighted by Gasteiger charge is 2.19. The lowest BCUT2D eigenvalue weighted by Crippen LogP contribution is -2.13. The molecule has 106 valence electrons. The molecule has 0 aliphatic heterocycles. The highest BCUT2D eigenvalue weighted by atomic mass is 32.1. The lowest BCUT2D eigenvalue weighted by atomic mass is 10.1. The van der Waals surface area contributed by atoms with E-state index in [9.17, 15) is 4.79 Å². The maximum Gasteiger partial charge on any atom is 0.269 e. The summed E-state index contributed by atoms with van der Waals surface area (Å²) < 4.78 is 8.96. The predicted octanol–water partition coefficient (Wildman–Crippen LogP) is 2.50. The minimum atomic E-state index is -0.226. The summed E-state index contributed by atoms with van der Waals surface area (Å²) in [6.45, 7) is 3.94. The van der Waals surface area contributed by atoms with Crippen LogP contribution in [0, 0.1) is 0 Å². The Balaban J connectivity index is 2.21. The van der Waals surface area contributed by atoms with Gasteiger partial charge in [-0.3, -0.25) is 4.79 Å². The Bertz CT molecular complexity index is 625. The number of nitrogens with two attached hydrogens (primary N) is 1. The van der Waals surface area contributed by atoms with Crippen molar-refractivity contribution in [3.8, 4) is 5.75 Å². The average Bonchev–Trinajstić information content (AvgIpc) is 2.90. The SMILES string of the molecule is COc1cc(NC(=O)c2snnc2C(C)C)ccc1N. The highest BCUT2D eigenvalue weighted by Crippen LogP contribution is 2.26. The first-order valence-electron chi connectivity index (χ1n) is 6.10. The Morgan fingerprint density at radius 2 is 2.20 bits per heavy atom. The molecule has 7 heteroatoms. The molecule has 0 atom stereocenters. The van der Waals surface area contributed by atoms with Gasteiger partial charge in [0.15, 0.2) is 0 Å². The number of ether oxygens (including phenoxy) is 1. The first-order valence-corrected chi connectivity index (χ1v) is 6.87. The molecule has 1 amide bonds. The van der Waals surface area contributed by atoms with Crippen molar-refractivity contribution in [2.75, 3.05) is 18.2 Å². The van der Waals surface area contributed by atoms with Crippen molar-refractivity contribution in [3.63, 3.8) is 0 Å². The lowest BCUT2D eigenvalue weighted by molar-refractivity contribution is 0.102. The molecule has 1 aromatic carbocycles. The number of hydrogen-bond donors (Lipinski definition) is 2. The van der Waals surface area contributed by atoms with Crippen LogP contribution in [0.4, 0.5) is 11.4 Å². The van der Waals surface area contributed by atoms with Crippen molar-refractivity contribution in [2.45, 2.75) is 19.8 Å². The first-order chi connectivity index (χ1) is 9.52. The number of rotatable bonds is 4. The monoisotopic (exact) mass is 292 g/mol. The molecule has 0 fully saturated rings. The summed E-state index contributed by atoms with van der Waals surface area (Å²) in [5.41, 5.74) is 7.57. The van der Waals surface area contributed by atoms with Gasteiger partial charge in [0, 0.05) is 11.8 Å². The smallest absolute Gasteiger partial charge is 0.269 e. The van der Waals surface area contributed by atoms with Crippen LogP contribution < -0.4 is 15.8 Å². The van der Waals surface area contributed by atoms with Gasteiger partial charge >= 0.3 is 0 Å². The van der Waals surface area contributed by atoms with Crippen LogP contribution >= 0.6 is 11.5 Å². The molecule has 0 bridgehead atoms. The van der Waals surface area contributed by atoms with Crippen LogP contribution in [-0.2, 0) is 0 Å². The second-order valence-corrected chi connectivity index (χ2v) is 5.31. The second kappa shape index (κ2) is 5.87. The van der Waals surface area contributed by atoms with Gasteiger partial charge < -0.3 is 15.8 Å². The molecule has 2 aromatic rings. The van der Waals surface area contributed by atoms with Crippen LogP contribution in [0.1, 0.15) is 35.1 Å². The van der Waals surface area contributed by atoms with E-state index in [-0.39, 0.29) is 11.8 Å². The van der Waals surface area contributed by atoms with E-state index in [4.69, 9.17) is 10.5 Å². The molecule has 3 N–H and O–H groups in total. The Labute approximate surface area is 121 Å². The molecule has 0 unspecified atom stereocenters. The van der Waals surface area contributed by atoms with Crippen molar-refractivity contribution in [1.29, 1.82) is 0 Å². The highest BCUT2D eigenvalue weighted by molar-refractivity contribution is 7.08. The van der Waals surface area contributed by atoms with Crippen LogP contribution in [0.25, 0.3) is 0 Å². The number of amides is 1. The largest absolute Gasteiger partial charge is 0.495 e. The van der Waals surface area contributed by atoms with Crippen LogP contribution in [0.3, 0.4) is 0 Å². The summed E-state index contributed by atoms with van der Waals surface area (Å²) in [6, 6.07) is 5.08. The molecule has 0 aliphatic carbocycles. The summed E-state index contributed by atoms with van der Waals surface area (Å²) in [7, 11) is 1.53. The number of nitrogens with one attached hydrogen (secondary N) is 1. The number of carbonyl (C=O) groups is 1. The number of carbonyl (C=O) groups excluding carboxylic acids is 1. The molecule has 0 saturated heterocycles. The fraction of sp³-hybridized carbons (Fsp3) is 0.308. The zero-order valence-electron chi connectivity index (χ0n) is 11.5. The van der Waals surface area contributed by atoms with E-state index in [1.54, 1.807) is 18.2 Å². The number of methoxy groups -OCH3 is 1. The van der Waals surface area contributed by atoms with E-state index in [0.717, 1.165) is 11.5 Å². The third-order valence-corrected chi connectivity index (χ3v) is 3.50. The Hall–Kier alpha value is -2.15. The van der Waals surface area contributed by atoms with Crippen molar-refractivity contribution < 1.29 is 9.53 Å². The molecule has 20 heavy (non-hydrogen) atoms. The summed E-state index contributed by atoms with van der Waals surface area (Å²) >= 11 is 1.09. The van der Waals surface area contributed by atoms with Crippen LogP contribution in [0.2, 0.25) is 0 Å². The zero-order chi connectivity index (χ0) is 14.7. The Kier molecular flexibility index (Phi) is 4.19. The van der Waals surface area contributed by atoms with Gasteiger partial charge in [0.25, 0.3) is 5.91 Å².